The summed E-state index contributed by atoms with van der Waals surface area (Å²) in [5, 5.41) is 2.40. The third-order valence-electron chi connectivity index (χ3n) is 3.86. The Morgan fingerprint density at radius 2 is 1.73 bits per heavy atom. The van der Waals surface area contributed by atoms with E-state index in [4.69, 9.17) is 9.47 Å². The molecule has 1 rings (SSSR count). The molecule has 1 aromatic rings. The predicted molar refractivity (Wildman–Crippen MR) is 108 cm³/mol. The minimum Gasteiger partial charge on any atom is -0.467 e. The van der Waals surface area contributed by atoms with Crippen molar-refractivity contribution in [1.82, 2.24) is 10.2 Å². The number of amides is 2. The molecule has 0 heterocycles. The lowest BCUT2D eigenvalue weighted by atomic mass is 10.1. The number of carbonyl (C=O) groups is 4. The van der Waals surface area contributed by atoms with Crippen LogP contribution in [0.5, 0.6) is 0 Å². The van der Waals surface area contributed by atoms with E-state index in [2.05, 4.69) is 10.1 Å². The van der Waals surface area contributed by atoms with Crippen LogP contribution in [-0.2, 0) is 35.2 Å². The van der Waals surface area contributed by atoms with Crippen LogP contribution in [0, 0.1) is 0 Å². The number of nitrogens with zero attached hydrogens (tertiary/aromatic N) is 1. The topological polar surface area (TPSA) is 111 Å². The number of hydrogen-bond acceptors (Lipinski definition) is 7. The second-order valence-corrected chi connectivity index (χ2v) is 7.66. The van der Waals surface area contributed by atoms with Gasteiger partial charge in [-0.25, -0.2) is 9.59 Å². The van der Waals surface area contributed by atoms with Crippen LogP contribution in [0.25, 0.3) is 0 Å². The van der Waals surface area contributed by atoms with Crippen molar-refractivity contribution in [1.29, 1.82) is 0 Å². The van der Waals surface area contributed by atoms with E-state index in [0.717, 1.165) is 5.56 Å². The molecule has 0 aliphatic heterocycles. The summed E-state index contributed by atoms with van der Waals surface area (Å²) in [7, 11) is 2.64. The van der Waals surface area contributed by atoms with E-state index in [9.17, 15) is 19.2 Å². The molecule has 0 aromatic heterocycles. The number of alkyl carbamates (subject to hydrolysis) is 1. The molecule has 30 heavy (non-hydrogen) atoms. The Balaban J connectivity index is 2.49. The molecule has 2 amide bonds. The Hall–Kier alpha value is -3.10. The predicted octanol–water partition coefficient (Wildman–Crippen LogP) is 2.03. The Kier molecular flexibility index (Phi) is 9.80. The summed E-state index contributed by atoms with van der Waals surface area (Å²) in [5.74, 6) is -1.63. The van der Waals surface area contributed by atoms with Crippen molar-refractivity contribution >= 4 is 23.9 Å². The molecular weight excluding hydrogens is 392 g/mol. The summed E-state index contributed by atoms with van der Waals surface area (Å²) in [6.07, 6.45) is -0.880. The second kappa shape index (κ2) is 11.8. The first-order valence-electron chi connectivity index (χ1n) is 9.52. The molecule has 1 N–H and O–H groups in total. The average molecular weight is 422 g/mol. The lowest BCUT2D eigenvalue weighted by Gasteiger charge is -2.23. The SMILES string of the molecule is COC(=O)[C@@H](CCC(=O)N(C)CC(=O)OCc1ccccc1)NC(=O)OC(C)(C)C. The smallest absolute Gasteiger partial charge is 0.408 e. The summed E-state index contributed by atoms with van der Waals surface area (Å²) in [4.78, 5) is 49.3. The van der Waals surface area contributed by atoms with Gasteiger partial charge in [0.2, 0.25) is 5.91 Å². The van der Waals surface area contributed by atoms with Gasteiger partial charge >= 0.3 is 18.0 Å². The molecule has 0 unspecified atom stereocenters. The van der Waals surface area contributed by atoms with Crippen LogP contribution in [0.2, 0.25) is 0 Å². The molecule has 0 radical (unpaired) electrons. The zero-order chi connectivity index (χ0) is 22.7. The monoisotopic (exact) mass is 422 g/mol. The maximum absolute atomic E-state index is 12.3. The lowest BCUT2D eigenvalue weighted by Crippen LogP contribution is -2.44. The van der Waals surface area contributed by atoms with Gasteiger partial charge in [0.25, 0.3) is 0 Å². The maximum atomic E-state index is 12.3. The number of ether oxygens (including phenoxy) is 3. The molecule has 1 aromatic carbocycles. The van der Waals surface area contributed by atoms with Crippen molar-refractivity contribution in [3.8, 4) is 0 Å². The summed E-state index contributed by atoms with van der Waals surface area (Å²) in [6.45, 7) is 4.96. The standard InChI is InChI=1S/C21H30N2O7/c1-21(2,3)30-20(27)22-16(19(26)28-5)11-12-17(24)23(4)13-18(25)29-14-15-9-7-6-8-10-15/h6-10,16H,11-14H2,1-5H3,(H,22,27)/t16-/m1/s1. The molecular formula is C21H30N2O7. The number of rotatable bonds is 9. The van der Waals surface area contributed by atoms with Gasteiger partial charge < -0.3 is 24.4 Å². The highest BCUT2D eigenvalue weighted by Gasteiger charge is 2.26. The van der Waals surface area contributed by atoms with E-state index >= 15 is 0 Å². The first-order valence-corrected chi connectivity index (χ1v) is 9.52. The number of benzene rings is 1. The summed E-state index contributed by atoms with van der Waals surface area (Å²) in [6, 6.07) is 8.13. The van der Waals surface area contributed by atoms with Gasteiger partial charge in [-0.3, -0.25) is 9.59 Å². The number of likely N-dealkylation sites (N-methyl/N-ethyl adjacent to an activating group) is 1. The van der Waals surface area contributed by atoms with Crippen LogP contribution in [0.4, 0.5) is 4.79 Å². The number of hydrogen-bond donors (Lipinski definition) is 1. The molecule has 0 spiro atoms. The van der Waals surface area contributed by atoms with Gasteiger partial charge in [0, 0.05) is 13.5 Å². The minimum absolute atomic E-state index is 0.00580. The summed E-state index contributed by atoms with van der Waals surface area (Å²) >= 11 is 0. The fourth-order valence-corrected chi connectivity index (χ4v) is 2.37. The third-order valence-corrected chi connectivity index (χ3v) is 3.86. The average Bonchev–Trinajstić information content (AvgIpc) is 2.68. The van der Waals surface area contributed by atoms with Crippen molar-refractivity contribution in [3.05, 3.63) is 35.9 Å². The molecule has 9 heteroatoms. The second-order valence-electron chi connectivity index (χ2n) is 7.66. The summed E-state index contributed by atoms with van der Waals surface area (Å²) in [5.41, 5.74) is 0.106. The molecule has 0 saturated carbocycles. The van der Waals surface area contributed by atoms with E-state index in [1.807, 2.05) is 30.3 Å². The fraction of sp³-hybridized carbons (Fsp3) is 0.524. The van der Waals surface area contributed by atoms with Gasteiger partial charge in [0.05, 0.1) is 7.11 Å². The van der Waals surface area contributed by atoms with E-state index < -0.39 is 29.7 Å². The Morgan fingerprint density at radius 3 is 2.30 bits per heavy atom. The number of nitrogens with one attached hydrogen (secondary N) is 1. The van der Waals surface area contributed by atoms with Crippen molar-refractivity contribution in [2.75, 3.05) is 20.7 Å². The first kappa shape index (κ1) is 24.9. The number of esters is 2. The molecule has 0 aliphatic rings. The zero-order valence-corrected chi connectivity index (χ0v) is 18.1. The molecule has 0 fully saturated rings. The van der Waals surface area contributed by atoms with Crippen LogP contribution in [0.15, 0.2) is 30.3 Å². The molecule has 0 aliphatic carbocycles. The van der Waals surface area contributed by atoms with Crippen LogP contribution >= 0.6 is 0 Å². The molecule has 0 bridgehead atoms. The highest BCUT2D eigenvalue weighted by Crippen LogP contribution is 2.09. The van der Waals surface area contributed by atoms with Crippen molar-refractivity contribution in [2.24, 2.45) is 0 Å². The maximum Gasteiger partial charge on any atom is 0.408 e. The Morgan fingerprint density at radius 1 is 1.10 bits per heavy atom. The van der Waals surface area contributed by atoms with Gasteiger partial charge in [-0.15, -0.1) is 0 Å². The van der Waals surface area contributed by atoms with Gasteiger partial charge in [-0.2, -0.15) is 0 Å². The number of methoxy groups -OCH3 is 1. The van der Waals surface area contributed by atoms with Crippen LogP contribution < -0.4 is 5.32 Å². The zero-order valence-electron chi connectivity index (χ0n) is 18.1. The molecule has 0 saturated heterocycles. The largest absolute Gasteiger partial charge is 0.467 e. The van der Waals surface area contributed by atoms with E-state index in [1.54, 1.807) is 20.8 Å². The van der Waals surface area contributed by atoms with Gasteiger partial charge in [-0.1, -0.05) is 30.3 Å². The quantitative estimate of drug-likeness (QED) is 0.479. The highest BCUT2D eigenvalue weighted by atomic mass is 16.6. The normalized spacial score (nSPS) is 11.8. The van der Waals surface area contributed by atoms with E-state index in [-0.39, 0.29) is 31.9 Å². The summed E-state index contributed by atoms with van der Waals surface area (Å²) < 4.78 is 14.9. The molecule has 9 nitrogen and oxygen atoms in total. The van der Waals surface area contributed by atoms with Crippen molar-refractivity contribution in [2.45, 2.75) is 51.9 Å². The van der Waals surface area contributed by atoms with Crippen LogP contribution in [0.3, 0.4) is 0 Å². The van der Waals surface area contributed by atoms with Crippen LogP contribution in [0.1, 0.15) is 39.2 Å². The van der Waals surface area contributed by atoms with E-state index in [1.165, 1.54) is 19.1 Å². The first-order chi connectivity index (χ1) is 14.0. The van der Waals surface area contributed by atoms with Gasteiger partial charge in [-0.05, 0) is 32.8 Å². The molecule has 166 valence electrons. The molecule has 1 atom stereocenters. The van der Waals surface area contributed by atoms with Crippen molar-refractivity contribution in [3.63, 3.8) is 0 Å². The van der Waals surface area contributed by atoms with E-state index in [0.29, 0.717) is 0 Å². The fourth-order valence-electron chi connectivity index (χ4n) is 2.37. The van der Waals surface area contributed by atoms with Gasteiger partial charge in [0.15, 0.2) is 0 Å². The van der Waals surface area contributed by atoms with Crippen LogP contribution in [-0.4, -0.2) is 61.2 Å². The van der Waals surface area contributed by atoms with Gasteiger partial charge in [0.1, 0.15) is 24.8 Å². The Labute approximate surface area is 176 Å². The Bertz CT molecular complexity index is 729. The minimum atomic E-state index is -1.05. The lowest BCUT2D eigenvalue weighted by molar-refractivity contribution is -0.150. The van der Waals surface area contributed by atoms with Crippen molar-refractivity contribution < 1.29 is 33.4 Å². The highest BCUT2D eigenvalue weighted by molar-refractivity contribution is 5.84. The number of carbonyl (C=O) groups excluding carboxylic acids is 4. The third kappa shape index (κ3) is 9.90.